The molecule has 1 aromatic rings. The molecule has 0 spiro atoms. The van der Waals surface area contributed by atoms with E-state index in [4.69, 9.17) is 0 Å². The summed E-state index contributed by atoms with van der Waals surface area (Å²) in [6, 6.07) is 5.62. The van der Waals surface area contributed by atoms with Gasteiger partial charge in [0, 0.05) is 6.54 Å². The van der Waals surface area contributed by atoms with Gasteiger partial charge in [0.05, 0.1) is 11.3 Å². The van der Waals surface area contributed by atoms with Gasteiger partial charge < -0.3 is 10.2 Å². The molecule has 1 aliphatic heterocycles. The van der Waals surface area contributed by atoms with Crippen molar-refractivity contribution in [1.29, 1.82) is 0 Å². The van der Waals surface area contributed by atoms with Crippen LogP contribution < -0.4 is 10.2 Å². The van der Waals surface area contributed by atoms with Gasteiger partial charge in [-0.2, -0.15) is 0 Å². The number of benzene rings is 1. The van der Waals surface area contributed by atoms with E-state index in [1.54, 1.807) is 11.0 Å². The van der Waals surface area contributed by atoms with Crippen molar-refractivity contribution in [3.63, 3.8) is 0 Å². The second kappa shape index (κ2) is 6.18. The number of nitrogens with one attached hydrogen (secondary N) is 1. The average Bonchev–Trinajstić information content (AvgIpc) is 2.64. The van der Waals surface area contributed by atoms with Crippen LogP contribution in [0.1, 0.15) is 36.2 Å². The summed E-state index contributed by atoms with van der Waals surface area (Å²) in [5.74, 6) is -0.462. The Hall–Kier alpha value is -1.68. The maximum atomic E-state index is 12.1. The molecule has 2 rings (SSSR count). The fourth-order valence-corrected chi connectivity index (χ4v) is 2.50. The summed E-state index contributed by atoms with van der Waals surface area (Å²) < 4.78 is 0. The number of hydrogen-bond donors (Lipinski definition) is 1. The van der Waals surface area contributed by atoms with E-state index in [9.17, 15) is 9.59 Å². The lowest BCUT2D eigenvalue weighted by Crippen LogP contribution is -2.37. The largest absolute Gasteiger partial charge is 0.316 e. The summed E-state index contributed by atoms with van der Waals surface area (Å²) in [6.45, 7) is 8.56. The van der Waals surface area contributed by atoms with Crippen molar-refractivity contribution in [3.05, 3.63) is 29.3 Å². The van der Waals surface area contributed by atoms with Crippen LogP contribution in [0.5, 0.6) is 0 Å². The lowest BCUT2D eigenvalue weighted by molar-refractivity contribution is -0.114. The average molecular weight is 274 g/mol. The Labute approximate surface area is 120 Å². The number of ketones is 1. The van der Waals surface area contributed by atoms with Gasteiger partial charge >= 0.3 is 0 Å². The van der Waals surface area contributed by atoms with Crippen molar-refractivity contribution < 1.29 is 9.59 Å². The number of nitrogens with zero attached hydrogens (tertiary/aromatic N) is 1. The number of hydrogen-bond acceptors (Lipinski definition) is 3. The quantitative estimate of drug-likeness (QED) is 0.639. The van der Waals surface area contributed by atoms with Crippen LogP contribution in [0.3, 0.4) is 0 Å². The third-order valence-electron chi connectivity index (χ3n) is 3.54. The second-order valence-electron chi connectivity index (χ2n) is 5.57. The number of rotatable bonds is 6. The SMILES string of the molecule is CCCNCC(C)CN1C(=O)C(=O)c2cc(C)ccc21. The van der Waals surface area contributed by atoms with Crippen molar-refractivity contribution >= 4 is 17.4 Å². The first-order valence-electron chi connectivity index (χ1n) is 7.22. The van der Waals surface area contributed by atoms with Crippen LogP contribution in [0.2, 0.25) is 0 Å². The molecule has 1 N–H and O–H groups in total. The first-order chi connectivity index (χ1) is 9.54. The molecule has 1 aromatic carbocycles. The van der Waals surface area contributed by atoms with Gasteiger partial charge in [-0.25, -0.2) is 0 Å². The molecule has 1 unspecified atom stereocenters. The van der Waals surface area contributed by atoms with E-state index >= 15 is 0 Å². The second-order valence-corrected chi connectivity index (χ2v) is 5.57. The molecule has 108 valence electrons. The molecule has 0 aromatic heterocycles. The normalized spacial score (nSPS) is 15.7. The van der Waals surface area contributed by atoms with Gasteiger partial charge in [-0.15, -0.1) is 0 Å². The van der Waals surface area contributed by atoms with E-state index in [0.29, 0.717) is 18.0 Å². The van der Waals surface area contributed by atoms with Crippen LogP contribution in [0.15, 0.2) is 18.2 Å². The van der Waals surface area contributed by atoms with E-state index in [-0.39, 0.29) is 5.78 Å². The van der Waals surface area contributed by atoms with Crippen molar-refractivity contribution in [2.75, 3.05) is 24.5 Å². The van der Waals surface area contributed by atoms with Crippen LogP contribution in [0, 0.1) is 12.8 Å². The van der Waals surface area contributed by atoms with E-state index in [0.717, 1.165) is 30.8 Å². The molecule has 1 amide bonds. The highest BCUT2D eigenvalue weighted by Gasteiger charge is 2.36. The van der Waals surface area contributed by atoms with Gasteiger partial charge in [0.15, 0.2) is 0 Å². The molecular formula is C16H22N2O2. The van der Waals surface area contributed by atoms with Gasteiger partial charge in [-0.1, -0.05) is 25.5 Å². The van der Waals surface area contributed by atoms with Gasteiger partial charge in [0.25, 0.3) is 11.7 Å². The van der Waals surface area contributed by atoms with Crippen LogP contribution >= 0.6 is 0 Å². The molecule has 1 atom stereocenters. The number of fused-ring (bicyclic) bond motifs is 1. The van der Waals surface area contributed by atoms with Crippen LogP contribution in [0.4, 0.5) is 5.69 Å². The minimum absolute atomic E-state index is 0.311. The Balaban J connectivity index is 2.10. The molecule has 1 aliphatic rings. The summed E-state index contributed by atoms with van der Waals surface area (Å²) in [5.41, 5.74) is 2.31. The summed E-state index contributed by atoms with van der Waals surface area (Å²) in [5, 5.41) is 3.35. The van der Waals surface area contributed by atoms with Crippen LogP contribution in [-0.2, 0) is 4.79 Å². The highest BCUT2D eigenvalue weighted by atomic mass is 16.2. The highest BCUT2D eigenvalue weighted by molar-refractivity contribution is 6.52. The third kappa shape index (κ3) is 2.90. The lowest BCUT2D eigenvalue weighted by Gasteiger charge is -2.21. The van der Waals surface area contributed by atoms with Crippen molar-refractivity contribution in [3.8, 4) is 0 Å². The maximum Gasteiger partial charge on any atom is 0.299 e. The Morgan fingerprint density at radius 1 is 1.30 bits per heavy atom. The zero-order valence-corrected chi connectivity index (χ0v) is 12.4. The first kappa shape index (κ1) is 14.7. The standard InChI is InChI=1S/C16H22N2O2/c1-4-7-17-9-12(3)10-18-14-6-5-11(2)8-13(14)15(19)16(18)20/h5-6,8,12,17H,4,7,9-10H2,1-3H3. The number of amides is 1. The molecule has 0 saturated carbocycles. The number of carbonyl (C=O) groups excluding carboxylic acids is 2. The van der Waals surface area contributed by atoms with Crippen molar-refractivity contribution in [1.82, 2.24) is 5.32 Å². The molecule has 0 radical (unpaired) electrons. The first-order valence-corrected chi connectivity index (χ1v) is 7.22. The fraction of sp³-hybridized carbons (Fsp3) is 0.500. The summed E-state index contributed by atoms with van der Waals surface area (Å²) >= 11 is 0. The molecule has 0 aliphatic carbocycles. The number of anilines is 1. The number of aryl methyl sites for hydroxylation is 1. The van der Waals surface area contributed by atoms with E-state index in [2.05, 4.69) is 19.2 Å². The lowest BCUT2D eigenvalue weighted by atomic mass is 10.1. The van der Waals surface area contributed by atoms with E-state index in [1.165, 1.54) is 0 Å². The van der Waals surface area contributed by atoms with Gasteiger partial charge in [0.2, 0.25) is 0 Å². The maximum absolute atomic E-state index is 12.1. The molecule has 1 heterocycles. The van der Waals surface area contributed by atoms with Crippen LogP contribution in [-0.4, -0.2) is 31.3 Å². The Morgan fingerprint density at radius 3 is 2.75 bits per heavy atom. The Morgan fingerprint density at radius 2 is 2.05 bits per heavy atom. The van der Waals surface area contributed by atoms with Gasteiger partial charge in [0.1, 0.15) is 0 Å². The monoisotopic (exact) mass is 274 g/mol. The summed E-state index contributed by atoms with van der Waals surface area (Å²) in [6.07, 6.45) is 1.09. The zero-order valence-electron chi connectivity index (χ0n) is 12.4. The van der Waals surface area contributed by atoms with Crippen molar-refractivity contribution in [2.24, 2.45) is 5.92 Å². The van der Waals surface area contributed by atoms with Crippen LogP contribution in [0.25, 0.3) is 0 Å². The number of Topliss-reactive ketones (excluding diaryl/α,β-unsaturated/α-hetero) is 1. The van der Waals surface area contributed by atoms with Crippen molar-refractivity contribution in [2.45, 2.75) is 27.2 Å². The highest BCUT2D eigenvalue weighted by Crippen LogP contribution is 2.30. The molecule has 4 heteroatoms. The molecule has 20 heavy (non-hydrogen) atoms. The molecule has 0 fully saturated rings. The number of carbonyl (C=O) groups is 2. The summed E-state index contributed by atoms with van der Waals surface area (Å²) in [4.78, 5) is 25.7. The minimum atomic E-state index is -0.395. The predicted molar refractivity (Wildman–Crippen MR) is 80.2 cm³/mol. The molecule has 0 bridgehead atoms. The Bertz CT molecular complexity index is 525. The third-order valence-corrected chi connectivity index (χ3v) is 3.54. The molecular weight excluding hydrogens is 252 g/mol. The summed E-state index contributed by atoms with van der Waals surface area (Å²) in [7, 11) is 0. The fourth-order valence-electron chi connectivity index (χ4n) is 2.50. The zero-order chi connectivity index (χ0) is 14.7. The molecule has 4 nitrogen and oxygen atoms in total. The van der Waals surface area contributed by atoms with Gasteiger partial charge in [-0.3, -0.25) is 9.59 Å². The smallest absolute Gasteiger partial charge is 0.299 e. The Kier molecular flexibility index (Phi) is 4.55. The van der Waals surface area contributed by atoms with E-state index < -0.39 is 5.91 Å². The molecule has 0 saturated heterocycles. The topological polar surface area (TPSA) is 49.4 Å². The van der Waals surface area contributed by atoms with E-state index in [1.807, 2.05) is 19.1 Å². The van der Waals surface area contributed by atoms with Gasteiger partial charge in [-0.05, 0) is 44.5 Å². The predicted octanol–water partition coefficient (Wildman–Crippen LogP) is 2.16. The minimum Gasteiger partial charge on any atom is -0.316 e.